The molecular weight excluding hydrogens is 450 g/mol. The van der Waals surface area contributed by atoms with Crippen molar-refractivity contribution >= 4 is 23.3 Å². The molecule has 0 saturated heterocycles. The molecule has 0 aliphatic rings. The normalized spacial score (nSPS) is 12.8. The van der Waals surface area contributed by atoms with Crippen LogP contribution in [0.15, 0.2) is 47.6 Å². The van der Waals surface area contributed by atoms with Crippen molar-refractivity contribution in [3.63, 3.8) is 0 Å². The SMILES string of the molecule is COc1cc(NC(C(=O)O)c2ccc(C#N)cc2)cc(/C(C)=N/OC(C)(C)C(=O)OC(C)(C)C)c1. The highest BCUT2D eigenvalue weighted by Crippen LogP contribution is 2.27. The number of aliphatic carboxylic acids is 1. The molecule has 0 saturated carbocycles. The Kier molecular flexibility index (Phi) is 8.47. The van der Waals surface area contributed by atoms with Crippen LogP contribution in [0.1, 0.15) is 64.3 Å². The van der Waals surface area contributed by atoms with Crippen LogP contribution in [-0.2, 0) is 19.2 Å². The second-order valence-corrected chi connectivity index (χ2v) is 9.38. The van der Waals surface area contributed by atoms with E-state index >= 15 is 0 Å². The number of oxime groups is 1. The molecule has 0 aliphatic carbocycles. The summed E-state index contributed by atoms with van der Waals surface area (Å²) in [5, 5.41) is 25.9. The summed E-state index contributed by atoms with van der Waals surface area (Å²) in [6.45, 7) is 10.1. The molecule has 0 aromatic heterocycles. The number of nitrogens with one attached hydrogen (secondary N) is 1. The number of ether oxygens (including phenoxy) is 2. The van der Waals surface area contributed by atoms with E-state index in [0.717, 1.165) is 0 Å². The Morgan fingerprint density at radius 2 is 1.71 bits per heavy atom. The van der Waals surface area contributed by atoms with Crippen LogP contribution in [-0.4, -0.2) is 41.1 Å². The van der Waals surface area contributed by atoms with Crippen molar-refractivity contribution in [2.75, 3.05) is 12.4 Å². The van der Waals surface area contributed by atoms with Crippen LogP contribution in [0.5, 0.6) is 5.75 Å². The number of methoxy groups -OCH3 is 1. The van der Waals surface area contributed by atoms with Gasteiger partial charge < -0.3 is 24.7 Å². The Morgan fingerprint density at radius 3 is 2.23 bits per heavy atom. The summed E-state index contributed by atoms with van der Waals surface area (Å²) in [4.78, 5) is 29.9. The first kappa shape index (κ1) is 27.2. The highest BCUT2D eigenvalue weighted by molar-refractivity contribution is 5.99. The molecule has 9 heteroatoms. The fourth-order valence-electron chi connectivity index (χ4n) is 2.89. The molecular formula is C26H31N3O6. The minimum atomic E-state index is -1.32. The van der Waals surface area contributed by atoms with E-state index in [1.54, 1.807) is 84.0 Å². The van der Waals surface area contributed by atoms with Gasteiger partial charge in [0.15, 0.2) is 6.04 Å². The number of anilines is 1. The average Bonchev–Trinajstić information content (AvgIpc) is 2.79. The third kappa shape index (κ3) is 7.74. The van der Waals surface area contributed by atoms with E-state index in [9.17, 15) is 14.7 Å². The molecule has 2 rings (SSSR count). The Morgan fingerprint density at radius 1 is 1.09 bits per heavy atom. The zero-order valence-electron chi connectivity index (χ0n) is 21.0. The third-order valence-corrected chi connectivity index (χ3v) is 4.79. The Balaban J connectivity index is 2.31. The summed E-state index contributed by atoms with van der Waals surface area (Å²) in [5.41, 5.74) is 0.427. The molecule has 0 aliphatic heterocycles. The van der Waals surface area contributed by atoms with E-state index in [4.69, 9.17) is 19.6 Å². The first-order valence-corrected chi connectivity index (χ1v) is 10.9. The van der Waals surface area contributed by atoms with E-state index in [2.05, 4.69) is 10.5 Å². The monoisotopic (exact) mass is 481 g/mol. The molecule has 0 bridgehead atoms. The van der Waals surface area contributed by atoms with Crippen molar-refractivity contribution in [2.45, 2.75) is 58.8 Å². The standard InChI is InChI=1S/C26H31N3O6/c1-16(29-35-26(5,6)24(32)34-25(2,3)4)19-12-20(14-21(13-19)33-7)28-22(23(30)31)18-10-8-17(15-27)9-11-18/h8-14,22,28H,1-7H3,(H,30,31)/b29-16+. The van der Waals surface area contributed by atoms with Crippen molar-refractivity contribution in [1.29, 1.82) is 5.26 Å². The Bertz CT molecular complexity index is 1140. The smallest absolute Gasteiger partial charge is 0.353 e. The molecule has 0 amide bonds. The summed E-state index contributed by atoms with van der Waals surface area (Å²) in [6.07, 6.45) is 0. The number of carboxylic acids is 1. The zero-order valence-corrected chi connectivity index (χ0v) is 21.0. The number of benzene rings is 2. The van der Waals surface area contributed by atoms with Gasteiger partial charge in [0.25, 0.3) is 0 Å². The number of esters is 1. The minimum Gasteiger partial charge on any atom is -0.497 e. The predicted molar refractivity (Wildman–Crippen MR) is 131 cm³/mol. The van der Waals surface area contributed by atoms with Gasteiger partial charge in [0.2, 0.25) is 5.60 Å². The van der Waals surface area contributed by atoms with E-state index in [-0.39, 0.29) is 0 Å². The Labute approximate surface area is 205 Å². The molecule has 0 radical (unpaired) electrons. The van der Waals surface area contributed by atoms with Gasteiger partial charge in [-0.15, -0.1) is 0 Å². The van der Waals surface area contributed by atoms with Gasteiger partial charge >= 0.3 is 11.9 Å². The van der Waals surface area contributed by atoms with Gasteiger partial charge in [-0.3, -0.25) is 0 Å². The molecule has 9 nitrogen and oxygen atoms in total. The second kappa shape index (κ2) is 10.9. The van der Waals surface area contributed by atoms with Gasteiger partial charge in [-0.05, 0) is 71.4 Å². The molecule has 0 spiro atoms. The maximum atomic E-state index is 12.4. The summed E-state index contributed by atoms with van der Waals surface area (Å²) < 4.78 is 10.8. The van der Waals surface area contributed by atoms with Crippen LogP contribution in [0.3, 0.4) is 0 Å². The van der Waals surface area contributed by atoms with Gasteiger partial charge in [0, 0.05) is 17.3 Å². The van der Waals surface area contributed by atoms with Gasteiger partial charge in [-0.2, -0.15) is 5.26 Å². The lowest BCUT2D eigenvalue weighted by atomic mass is 10.0. The number of nitriles is 1. The molecule has 2 N–H and O–H groups in total. The highest BCUT2D eigenvalue weighted by Gasteiger charge is 2.35. The predicted octanol–water partition coefficient (Wildman–Crippen LogP) is 4.67. The number of rotatable bonds is 9. The molecule has 0 heterocycles. The number of nitrogens with zero attached hydrogens (tertiary/aromatic N) is 2. The number of carbonyl (C=O) groups excluding carboxylic acids is 1. The molecule has 1 unspecified atom stereocenters. The fraction of sp³-hybridized carbons (Fsp3) is 0.385. The molecule has 186 valence electrons. The van der Waals surface area contributed by atoms with Crippen LogP contribution in [0.2, 0.25) is 0 Å². The zero-order chi connectivity index (χ0) is 26.4. The largest absolute Gasteiger partial charge is 0.497 e. The van der Waals surface area contributed by atoms with Crippen LogP contribution in [0, 0.1) is 11.3 Å². The molecule has 0 fully saturated rings. The number of carboxylic acid groups (broad SMARTS) is 1. The summed E-state index contributed by atoms with van der Waals surface area (Å²) in [5.74, 6) is -1.18. The van der Waals surface area contributed by atoms with Crippen LogP contribution in [0.25, 0.3) is 0 Å². The lowest BCUT2D eigenvalue weighted by molar-refractivity contribution is -0.179. The third-order valence-electron chi connectivity index (χ3n) is 4.79. The summed E-state index contributed by atoms with van der Waals surface area (Å²) in [7, 11) is 1.49. The van der Waals surface area contributed by atoms with E-state index in [1.165, 1.54) is 7.11 Å². The van der Waals surface area contributed by atoms with Gasteiger partial charge in [-0.25, -0.2) is 9.59 Å². The lowest BCUT2D eigenvalue weighted by Gasteiger charge is -2.26. The average molecular weight is 482 g/mol. The van der Waals surface area contributed by atoms with Gasteiger partial charge in [-0.1, -0.05) is 17.3 Å². The molecule has 2 aromatic carbocycles. The van der Waals surface area contributed by atoms with Crippen molar-refractivity contribution < 1.29 is 29.0 Å². The second-order valence-electron chi connectivity index (χ2n) is 9.38. The maximum Gasteiger partial charge on any atom is 0.353 e. The fourth-order valence-corrected chi connectivity index (χ4v) is 2.89. The quantitative estimate of drug-likeness (QED) is 0.300. The van der Waals surface area contributed by atoms with Gasteiger partial charge in [0.1, 0.15) is 11.4 Å². The Hall–Kier alpha value is -4.06. The number of carbonyl (C=O) groups is 2. The topological polar surface area (TPSA) is 130 Å². The number of hydrogen-bond acceptors (Lipinski definition) is 8. The van der Waals surface area contributed by atoms with Crippen molar-refractivity contribution in [1.82, 2.24) is 0 Å². The molecule has 35 heavy (non-hydrogen) atoms. The van der Waals surface area contributed by atoms with Gasteiger partial charge in [0.05, 0.1) is 24.5 Å². The van der Waals surface area contributed by atoms with Crippen LogP contribution < -0.4 is 10.1 Å². The number of hydrogen-bond donors (Lipinski definition) is 2. The molecule has 1 atom stereocenters. The van der Waals surface area contributed by atoms with E-state index < -0.39 is 29.2 Å². The van der Waals surface area contributed by atoms with Crippen LogP contribution in [0.4, 0.5) is 5.69 Å². The minimum absolute atomic E-state index is 0.433. The van der Waals surface area contributed by atoms with Crippen molar-refractivity contribution in [3.8, 4) is 11.8 Å². The lowest BCUT2D eigenvalue weighted by Crippen LogP contribution is -2.40. The first-order chi connectivity index (χ1) is 16.3. The van der Waals surface area contributed by atoms with E-state index in [1.807, 2.05) is 6.07 Å². The maximum absolute atomic E-state index is 12.4. The van der Waals surface area contributed by atoms with Crippen molar-refractivity contribution in [2.24, 2.45) is 5.16 Å². The van der Waals surface area contributed by atoms with Crippen LogP contribution >= 0.6 is 0 Å². The first-order valence-electron chi connectivity index (χ1n) is 10.9. The van der Waals surface area contributed by atoms with E-state index in [0.29, 0.717) is 33.8 Å². The van der Waals surface area contributed by atoms with Crippen molar-refractivity contribution in [3.05, 3.63) is 59.2 Å². The summed E-state index contributed by atoms with van der Waals surface area (Å²) in [6, 6.07) is 12.3. The summed E-state index contributed by atoms with van der Waals surface area (Å²) >= 11 is 0. The molecule has 2 aromatic rings. The highest BCUT2D eigenvalue weighted by atomic mass is 16.7.